The summed E-state index contributed by atoms with van der Waals surface area (Å²) in [6, 6.07) is 9.65. The molecule has 1 aromatic carbocycles. The highest BCUT2D eigenvalue weighted by molar-refractivity contribution is 9.10. The van der Waals surface area contributed by atoms with Crippen molar-refractivity contribution in [2.45, 2.75) is 37.1 Å². The average molecular weight is 325 g/mol. The van der Waals surface area contributed by atoms with Crippen molar-refractivity contribution < 1.29 is 0 Å². The van der Waals surface area contributed by atoms with Gasteiger partial charge in [-0.1, -0.05) is 28.1 Å². The van der Waals surface area contributed by atoms with Crippen LogP contribution < -0.4 is 5.32 Å². The quantitative estimate of drug-likeness (QED) is 0.913. The molecule has 0 aliphatic heterocycles. The fourth-order valence-corrected chi connectivity index (χ4v) is 3.67. The van der Waals surface area contributed by atoms with Crippen molar-refractivity contribution in [1.29, 1.82) is 0 Å². The Hall–Kier alpha value is -0.380. The average Bonchev–Trinajstić information content (AvgIpc) is 2.39. The molecule has 0 bridgehead atoms. The van der Waals surface area contributed by atoms with Crippen LogP contribution in [0.4, 0.5) is 0 Å². The molecule has 0 unspecified atom stereocenters. The number of halogens is 1. The molecule has 0 spiro atoms. The van der Waals surface area contributed by atoms with Crippen molar-refractivity contribution in [2.75, 3.05) is 27.7 Å². The Balaban J connectivity index is 2.23. The molecule has 2 nitrogen and oxygen atoms in total. The fourth-order valence-electron chi connectivity index (χ4n) is 3.41. The van der Waals surface area contributed by atoms with Gasteiger partial charge in [0, 0.05) is 22.5 Å². The molecule has 2 rings (SSSR count). The molecule has 1 aliphatic rings. The zero-order valence-electron chi connectivity index (χ0n) is 12.2. The third-order valence-electron chi connectivity index (χ3n) is 4.43. The molecule has 1 N–H and O–H groups in total. The zero-order chi connectivity index (χ0) is 13.9. The number of nitrogens with zero attached hydrogens (tertiary/aromatic N) is 1. The van der Waals surface area contributed by atoms with Crippen LogP contribution in [0.15, 0.2) is 28.7 Å². The van der Waals surface area contributed by atoms with Crippen LogP contribution in [0.2, 0.25) is 0 Å². The highest BCUT2D eigenvalue weighted by atomic mass is 79.9. The molecule has 1 fully saturated rings. The maximum absolute atomic E-state index is 3.54. The second-order valence-corrected chi connectivity index (χ2v) is 7.00. The summed E-state index contributed by atoms with van der Waals surface area (Å²) < 4.78 is 1.17. The summed E-state index contributed by atoms with van der Waals surface area (Å²) in [5.41, 5.74) is 1.83. The van der Waals surface area contributed by atoms with Crippen LogP contribution >= 0.6 is 15.9 Å². The smallest absolute Gasteiger partial charge is 0.0175 e. The standard InChI is InChI=1S/C16H25BrN2/c1-18-15-8-10-16(11-9-15,12-19(2)3)13-4-6-14(17)7-5-13/h4-7,15,18H,8-12H2,1-3H3. The molecule has 1 aliphatic carbocycles. The maximum Gasteiger partial charge on any atom is 0.0175 e. The molecule has 0 heterocycles. The monoisotopic (exact) mass is 324 g/mol. The van der Waals surface area contributed by atoms with Crippen molar-refractivity contribution in [1.82, 2.24) is 10.2 Å². The number of hydrogen-bond acceptors (Lipinski definition) is 2. The first-order valence-electron chi connectivity index (χ1n) is 7.14. The highest BCUT2D eigenvalue weighted by Crippen LogP contribution is 2.40. The van der Waals surface area contributed by atoms with E-state index < -0.39 is 0 Å². The SMILES string of the molecule is CNC1CCC(CN(C)C)(c2ccc(Br)cc2)CC1. The van der Waals surface area contributed by atoms with E-state index in [1.54, 1.807) is 0 Å². The van der Waals surface area contributed by atoms with Crippen LogP contribution in [0.3, 0.4) is 0 Å². The number of nitrogens with one attached hydrogen (secondary N) is 1. The van der Waals surface area contributed by atoms with Crippen molar-refractivity contribution >= 4 is 15.9 Å². The molecule has 3 heteroatoms. The van der Waals surface area contributed by atoms with Crippen LogP contribution in [-0.4, -0.2) is 38.6 Å². The summed E-state index contributed by atoms with van der Waals surface area (Å²) in [6.45, 7) is 1.14. The first kappa shape index (κ1) is 15.0. The van der Waals surface area contributed by atoms with E-state index >= 15 is 0 Å². The third-order valence-corrected chi connectivity index (χ3v) is 4.96. The lowest BCUT2D eigenvalue weighted by Crippen LogP contribution is -2.44. The lowest BCUT2D eigenvalue weighted by molar-refractivity contribution is 0.195. The van der Waals surface area contributed by atoms with Crippen molar-refractivity contribution in [2.24, 2.45) is 0 Å². The van der Waals surface area contributed by atoms with Gasteiger partial charge in [-0.15, -0.1) is 0 Å². The maximum atomic E-state index is 3.54. The normalized spacial score (nSPS) is 27.7. The van der Waals surface area contributed by atoms with Gasteiger partial charge in [-0.05, 0) is 64.5 Å². The first-order chi connectivity index (χ1) is 9.05. The number of hydrogen-bond donors (Lipinski definition) is 1. The fraction of sp³-hybridized carbons (Fsp3) is 0.625. The third kappa shape index (κ3) is 3.59. The van der Waals surface area contributed by atoms with Gasteiger partial charge in [-0.3, -0.25) is 0 Å². The zero-order valence-corrected chi connectivity index (χ0v) is 13.8. The van der Waals surface area contributed by atoms with Gasteiger partial charge in [-0.25, -0.2) is 0 Å². The largest absolute Gasteiger partial charge is 0.317 e. The molecule has 0 radical (unpaired) electrons. The Morgan fingerprint density at radius 2 is 1.79 bits per heavy atom. The predicted molar refractivity (Wildman–Crippen MR) is 85.7 cm³/mol. The minimum Gasteiger partial charge on any atom is -0.317 e. The van der Waals surface area contributed by atoms with Crippen LogP contribution in [-0.2, 0) is 5.41 Å². The molecule has 106 valence electrons. The van der Waals surface area contributed by atoms with Crippen LogP contribution in [0, 0.1) is 0 Å². The summed E-state index contributed by atoms with van der Waals surface area (Å²) in [7, 11) is 6.46. The lowest BCUT2D eigenvalue weighted by Gasteiger charge is -2.42. The molecular formula is C16H25BrN2. The second kappa shape index (κ2) is 6.38. The Morgan fingerprint density at radius 3 is 2.26 bits per heavy atom. The van der Waals surface area contributed by atoms with E-state index in [9.17, 15) is 0 Å². The molecule has 0 aromatic heterocycles. The minimum absolute atomic E-state index is 0.331. The molecule has 0 amide bonds. The van der Waals surface area contributed by atoms with Crippen LogP contribution in [0.5, 0.6) is 0 Å². The summed E-state index contributed by atoms with van der Waals surface area (Å²) in [5, 5.41) is 3.43. The van der Waals surface area contributed by atoms with E-state index in [4.69, 9.17) is 0 Å². The highest BCUT2D eigenvalue weighted by Gasteiger charge is 2.36. The summed E-state index contributed by atoms with van der Waals surface area (Å²) in [4.78, 5) is 2.34. The molecular weight excluding hydrogens is 300 g/mol. The molecule has 1 saturated carbocycles. The van der Waals surface area contributed by atoms with E-state index in [0.29, 0.717) is 11.5 Å². The molecule has 1 aromatic rings. The van der Waals surface area contributed by atoms with Gasteiger partial charge in [0.25, 0.3) is 0 Å². The number of likely N-dealkylation sites (N-methyl/N-ethyl adjacent to an activating group) is 1. The molecule has 0 atom stereocenters. The molecule has 0 saturated heterocycles. The minimum atomic E-state index is 0.331. The summed E-state index contributed by atoms with van der Waals surface area (Å²) >= 11 is 3.54. The molecule has 19 heavy (non-hydrogen) atoms. The van der Waals surface area contributed by atoms with E-state index in [0.717, 1.165) is 6.54 Å². The van der Waals surface area contributed by atoms with Gasteiger partial charge in [0.2, 0.25) is 0 Å². The van der Waals surface area contributed by atoms with E-state index in [-0.39, 0.29) is 0 Å². The topological polar surface area (TPSA) is 15.3 Å². The van der Waals surface area contributed by atoms with Crippen molar-refractivity contribution in [3.8, 4) is 0 Å². The van der Waals surface area contributed by atoms with Gasteiger partial charge in [0.1, 0.15) is 0 Å². The van der Waals surface area contributed by atoms with Gasteiger partial charge in [0.15, 0.2) is 0 Å². The predicted octanol–water partition coefficient (Wildman–Crippen LogP) is 3.41. The number of rotatable bonds is 4. The lowest BCUT2D eigenvalue weighted by atomic mass is 9.68. The Morgan fingerprint density at radius 1 is 1.21 bits per heavy atom. The van der Waals surface area contributed by atoms with Crippen molar-refractivity contribution in [3.63, 3.8) is 0 Å². The second-order valence-electron chi connectivity index (χ2n) is 6.09. The van der Waals surface area contributed by atoms with Gasteiger partial charge < -0.3 is 10.2 Å². The van der Waals surface area contributed by atoms with E-state index in [1.807, 2.05) is 0 Å². The summed E-state index contributed by atoms with van der Waals surface area (Å²) in [5.74, 6) is 0. The summed E-state index contributed by atoms with van der Waals surface area (Å²) in [6.07, 6.45) is 5.11. The van der Waals surface area contributed by atoms with Gasteiger partial charge in [-0.2, -0.15) is 0 Å². The first-order valence-corrected chi connectivity index (χ1v) is 7.93. The van der Waals surface area contributed by atoms with E-state index in [1.165, 1.54) is 35.7 Å². The Kier molecular flexibility index (Phi) is 5.04. The van der Waals surface area contributed by atoms with Gasteiger partial charge >= 0.3 is 0 Å². The number of benzene rings is 1. The van der Waals surface area contributed by atoms with Crippen LogP contribution in [0.1, 0.15) is 31.2 Å². The Labute approximate surface area is 125 Å². The van der Waals surface area contributed by atoms with Crippen LogP contribution in [0.25, 0.3) is 0 Å². The Bertz CT molecular complexity index is 392. The van der Waals surface area contributed by atoms with Gasteiger partial charge in [0.05, 0.1) is 0 Å². The van der Waals surface area contributed by atoms with Crippen molar-refractivity contribution in [3.05, 3.63) is 34.3 Å². The van der Waals surface area contributed by atoms with E-state index in [2.05, 4.69) is 71.6 Å².